The van der Waals surface area contributed by atoms with Crippen LogP contribution in [0.2, 0.25) is 0 Å². The predicted octanol–water partition coefficient (Wildman–Crippen LogP) is 1.46. The molecule has 2 N–H and O–H groups in total. The molecule has 0 radical (unpaired) electrons. The molecule has 70 valence electrons. The van der Waals surface area contributed by atoms with E-state index < -0.39 is 5.97 Å². The van der Waals surface area contributed by atoms with Crippen molar-refractivity contribution in [3.63, 3.8) is 0 Å². The molecule has 0 unspecified atom stereocenters. The van der Waals surface area contributed by atoms with Gasteiger partial charge < -0.3 is 5.11 Å². The number of carboxylic acids is 1. The Labute approximate surface area is 80.7 Å². The van der Waals surface area contributed by atoms with Gasteiger partial charge in [0.1, 0.15) is 0 Å². The summed E-state index contributed by atoms with van der Waals surface area (Å²) in [5, 5.41) is 8.55. The third-order valence-corrected chi connectivity index (χ3v) is 1.57. The van der Waals surface area contributed by atoms with Crippen LogP contribution < -0.4 is 0 Å². The van der Waals surface area contributed by atoms with Crippen LogP contribution in [0.25, 0.3) is 6.08 Å². The molecular formula is C10H9N2O2+. The summed E-state index contributed by atoms with van der Waals surface area (Å²) >= 11 is 0. The third-order valence-electron chi connectivity index (χ3n) is 1.57. The summed E-state index contributed by atoms with van der Waals surface area (Å²) in [6.45, 7) is 0. The Morgan fingerprint density at radius 1 is 1.36 bits per heavy atom. The molecule has 0 fully saturated rings. The van der Waals surface area contributed by atoms with Gasteiger partial charge in [-0.1, -0.05) is 30.3 Å². The van der Waals surface area contributed by atoms with E-state index in [1.807, 2.05) is 30.3 Å². The van der Waals surface area contributed by atoms with E-state index in [-0.39, 0.29) is 5.71 Å². The highest BCUT2D eigenvalue weighted by Gasteiger charge is 2.16. The molecule has 1 aromatic carbocycles. The van der Waals surface area contributed by atoms with Crippen LogP contribution in [-0.2, 0) is 4.79 Å². The topological polar surface area (TPSA) is 75.2 Å². The van der Waals surface area contributed by atoms with Crippen molar-refractivity contribution < 1.29 is 14.7 Å². The summed E-state index contributed by atoms with van der Waals surface area (Å²) in [6.07, 6.45) is 2.90. The SMILES string of the molecule is N=[N+]=C(C=Cc1ccccc1)C(=O)O. The molecule has 0 aliphatic carbocycles. The second-order valence-corrected chi connectivity index (χ2v) is 2.55. The zero-order valence-electron chi connectivity index (χ0n) is 7.34. The molecule has 0 saturated carbocycles. The molecule has 0 bridgehead atoms. The average Bonchev–Trinajstić information content (AvgIpc) is 2.20. The fourth-order valence-corrected chi connectivity index (χ4v) is 0.896. The molecule has 4 heteroatoms. The minimum atomic E-state index is -1.20. The first-order valence-corrected chi connectivity index (χ1v) is 3.95. The zero-order chi connectivity index (χ0) is 10.4. The number of nitrogens with zero attached hydrogens (tertiary/aromatic N) is 1. The number of benzene rings is 1. The van der Waals surface area contributed by atoms with E-state index >= 15 is 0 Å². The van der Waals surface area contributed by atoms with Crippen LogP contribution in [0, 0.1) is 5.53 Å². The van der Waals surface area contributed by atoms with Crippen molar-refractivity contribution in [3.05, 3.63) is 42.0 Å². The number of carboxylic acid groups (broad SMARTS) is 1. The average molecular weight is 189 g/mol. The zero-order valence-corrected chi connectivity index (χ0v) is 7.34. The van der Waals surface area contributed by atoms with Crippen molar-refractivity contribution in [1.29, 1.82) is 5.53 Å². The smallest absolute Gasteiger partial charge is 0.448 e. The summed E-state index contributed by atoms with van der Waals surface area (Å²) in [7, 11) is 0. The van der Waals surface area contributed by atoms with E-state index in [1.165, 1.54) is 6.08 Å². The lowest BCUT2D eigenvalue weighted by molar-refractivity contribution is -0.147. The van der Waals surface area contributed by atoms with Crippen molar-refractivity contribution in [2.45, 2.75) is 0 Å². The lowest BCUT2D eigenvalue weighted by Crippen LogP contribution is -2.10. The van der Waals surface area contributed by atoms with Crippen LogP contribution in [0.4, 0.5) is 0 Å². The Balaban J connectivity index is 2.84. The fourth-order valence-electron chi connectivity index (χ4n) is 0.896. The largest absolute Gasteiger partial charge is 0.472 e. The van der Waals surface area contributed by atoms with Crippen LogP contribution in [0.15, 0.2) is 36.4 Å². The first kappa shape index (κ1) is 9.89. The van der Waals surface area contributed by atoms with E-state index in [1.54, 1.807) is 6.08 Å². The van der Waals surface area contributed by atoms with Gasteiger partial charge in [-0.15, -0.1) is 0 Å². The molecule has 0 aliphatic rings. The summed E-state index contributed by atoms with van der Waals surface area (Å²) in [4.78, 5) is 13.3. The minimum absolute atomic E-state index is 0.283. The molecule has 0 amide bonds. The second kappa shape index (κ2) is 4.74. The third kappa shape index (κ3) is 2.69. The maximum absolute atomic E-state index is 10.4. The highest BCUT2D eigenvalue weighted by atomic mass is 16.4. The molecule has 1 aromatic rings. The van der Waals surface area contributed by atoms with Gasteiger partial charge in [-0.2, -0.15) is 0 Å². The number of hydrogen-bond donors (Lipinski definition) is 2. The van der Waals surface area contributed by atoms with E-state index in [0.717, 1.165) is 5.56 Å². The maximum Gasteiger partial charge on any atom is 0.448 e. The molecule has 0 heterocycles. The monoisotopic (exact) mass is 189 g/mol. The first-order valence-electron chi connectivity index (χ1n) is 3.95. The number of aliphatic carboxylic acids is 1. The van der Waals surface area contributed by atoms with E-state index in [2.05, 4.69) is 4.79 Å². The van der Waals surface area contributed by atoms with Crippen molar-refractivity contribution in [2.24, 2.45) is 0 Å². The van der Waals surface area contributed by atoms with Gasteiger partial charge >= 0.3 is 11.7 Å². The second-order valence-electron chi connectivity index (χ2n) is 2.55. The fraction of sp³-hybridized carbons (Fsp3) is 0. The van der Waals surface area contributed by atoms with E-state index in [4.69, 9.17) is 10.6 Å². The maximum atomic E-state index is 10.4. The lowest BCUT2D eigenvalue weighted by atomic mass is 10.2. The predicted molar refractivity (Wildman–Crippen MR) is 51.1 cm³/mol. The normalized spacial score (nSPS) is 9.71. The first-order chi connectivity index (χ1) is 6.74. The molecule has 0 spiro atoms. The summed E-state index contributed by atoms with van der Waals surface area (Å²) < 4.78 is 0. The van der Waals surface area contributed by atoms with Gasteiger partial charge in [0.25, 0.3) is 0 Å². The number of hydrogen-bond acceptors (Lipinski definition) is 2. The molecule has 0 aromatic heterocycles. The molecule has 0 saturated heterocycles. The van der Waals surface area contributed by atoms with Crippen LogP contribution in [0.1, 0.15) is 5.56 Å². The molecule has 0 atom stereocenters. The Morgan fingerprint density at radius 3 is 2.50 bits per heavy atom. The van der Waals surface area contributed by atoms with Gasteiger partial charge in [0.15, 0.2) is 0 Å². The van der Waals surface area contributed by atoms with Crippen LogP contribution in [0.5, 0.6) is 0 Å². The molecule has 0 aliphatic heterocycles. The van der Waals surface area contributed by atoms with Gasteiger partial charge in [-0.3, -0.25) is 0 Å². The van der Waals surface area contributed by atoms with Crippen LogP contribution in [0.3, 0.4) is 0 Å². The Kier molecular flexibility index (Phi) is 3.35. The standard InChI is InChI=1S/C10H8N2O2/c11-12-9(10(13)14)7-6-8-4-2-1-3-5-8/h1-7,11H/p+1. The highest BCUT2D eigenvalue weighted by molar-refractivity contribution is 6.38. The van der Waals surface area contributed by atoms with Crippen LogP contribution >= 0.6 is 0 Å². The highest BCUT2D eigenvalue weighted by Crippen LogP contribution is 2.00. The summed E-state index contributed by atoms with van der Waals surface area (Å²) in [5.74, 6) is -1.20. The van der Waals surface area contributed by atoms with Gasteiger partial charge in [0, 0.05) is 6.08 Å². The van der Waals surface area contributed by atoms with Crippen molar-refractivity contribution in [2.75, 3.05) is 0 Å². The lowest BCUT2D eigenvalue weighted by Gasteiger charge is -1.87. The molecule has 4 nitrogen and oxygen atoms in total. The number of nitrogens with one attached hydrogen (secondary N) is 1. The van der Waals surface area contributed by atoms with Gasteiger partial charge in [-0.05, 0) is 11.6 Å². The van der Waals surface area contributed by atoms with Gasteiger partial charge in [0.2, 0.25) is 0 Å². The Bertz CT molecular complexity index is 403. The minimum Gasteiger partial charge on any atom is -0.472 e. The van der Waals surface area contributed by atoms with Gasteiger partial charge in [0.05, 0.1) is 10.3 Å². The quantitative estimate of drug-likeness (QED) is 0.429. The van der Waals surface area contributed by atoms with Crippen molar-refractivity contribution >= 4 is 17.8 Å². The number of rotatable bonds is 3. The summed E-state index contributed by atoms with van der Waals surface area (Å²) in [6, 6.07) is 9.23. The van der Waals surface area contributed by atoms with Gasteiger partial charge in [-0.25, -0.2) is 4.79 Å². The Hall–Kier alpha value is -2.19. The van der Waals surface area contributed by atoms with Crippen LogP contribution in [-0.4, -0.2) is 21.6 Å². The van der Waals surface area contributed by atoms with E-state index in [9.17, 15) is 4.79 Å². The Morgan fingerprint density at radius 2 is 2.00 bits per heavy atom. The van der Waals surface area contributed by atoms with E-state index in [0.29, 0.717) is 0 Å². The van der Waals surface area contributed by atoms with Crippen molar-refractivity contribution in [3.8, 4) is 0 Å². The summed E-state index contributed by atoms with van der Waals surface area (Å²) in [5.41, 5.74) is 7.20. The molecule has 1 rings (SSSR count). The number of carbonyl (C=O) groups is 1. The molecular weight excluding hydrogens is 180 g/mol. The molecule has 14 heavy (non-hydrogen) atoms. The van der Waals surface area contributed by atoms with Crippen molar-refractivity contribution in [1.82, 2.24) is 0 Å².